The normalized spacial score (nSPS) is 22.8. The van der Waals surface area contributed by atoms with Crippen molar-refractivity contribution in [2.45, 2.75) is 24.3 Å². The van der Waals surface area contributed by atoms with E-state index >= 15 is 0 Å². The molecule has 2 nitrogen and oxygen atoms in total. The Bertz CT molecular complexity index is 552. The van der Waals surface area contributed by atoms with Crippen molar-refractivity contribution in [2.24, 2.45) is 10.9 Å². The summed E-state index contributed by atoms with van der Waals surface area (Å²) in [6.07, 6.45) is -2.28. The van der Waals surface area contributed by atoms with Crippen molar-refractivity contribution in [3.05, 3.63) is 29.6 Å². The molecule has 1 saturated carbocycles. The highest BCUT2D eigenvalue weighted by atomic mass is 32.2. The van der Waals surface area contributed by atoms with Crippen molar-refractivity contribution in [1.82, 2.24) is 0 Å². The number of amidine groups is 1. The van der Waals surface area contributed by atoms with Crippen molar-refractivity contribution in [3.63, 3.8) is 0 Å². The maximum Gasteiger partial charge on any atom is 0.419 e. The lowest BCUT2D eigenvalue weighted by atomic mass is 10.2. The van der Waals surface area contributed by atoms with E-state index in [9.17, 15) is 17.6 Å². The topological polar surface area (TPSA) is 24.4 Å². The summed E-state index contributed by atoms with van der Waals surface area (Å²) in [6.45, 7) is 0.699. The molecule has 0 saturated heterocycles. The molecule has 20 heavy (non-hydrogen) atoms. The molecule has 3 rings (SSSR count). The van der Waals surface area contributed by atoms with Crippen molar-refractivity contribution in [2.75, 3.05) is 11.9 Å². The number of anilines is 1. The number of thioether (sulfide) groups is 1. The second-order valence-electron chi connectivity index (χ2n) is 4.96. The van der Waals surface area contributed by atoms with Crippen LogP contribution in [0, 0.1) is 11.7 Å². The van der Waals surface area contributed by atoms with Gasteiger partial charge in [0.2, 0.25) is 0 Å². The first-order valence-electron chi connectivity index (χ1n) is 6.28. The van der Waals surface area contributed by atoms with E-state index in [0.29, 0.717) is 22.9 Å². The number of halogens is 4. The molecule has 1 N–H and O–H groups in total. The van der Waals surface area contributed by atoms with Gasteiger partial charge in [0.25, 0.3) is 0 Å². The Morgan fingerprint density at radius 1 is 1.25 bits per heavy atom. The SMILES string of the molecule is Fc1ccc(NC2=NCC(C3CC3)S2)cc1C(F)(F)F. The molecule has 1 unspecified atom stereocenters. The highest BCUT2D eigenvalue weighted by molar-refractivity contribution is 8.15. The van der Waals surface area contributed by atoms with Gasteiger partial charge in [-0.25, -0.2) is 4.39 Å². The number of hydrogen-bond acceptors (Lipinski definition) is 3. The molecule has 1 aromatic carbocycles. The third kappa shape index (κ3) is 2.92. The Balaban J connectivity index is 1.72. The number of alkyl halides is 3. The lowest BCUT2D eigenvalue weighted by Crippen LogP contribution is -2.12. The summed E-state index contributed by atoms with van der Waals surface area (Å²) in [5, 5.41) is 3.88. The molecular weight excluding hydrogens is 292 g/mol. The van der Waals surface area contributed by atoms with Crippen LogP contribution >= 0.6 is 11.8 Å². The van der Waals surface area contributed by atoms with E-state index in [2.05, 4.69) is 10.3 Å². The van der Waals surface area contributed by atoms with E-state index in [4.69, 9.17) is 0 Å². The molecule has 1 heterocycles. The van der Waals surface area contributed by atoms with Crippen LogP contribution in [0.15, 0.2) is 23.2 Å². The van der Waals surface area contributed by atoms with Crippen molar-refractivity contribution in [3.8, 4) is 0 Å². The third-order valence-electron chi connectivity index (χ3n) is 3.35. The van der Waals surface area contributed by atoms with Gasteiger partial charge in [-0.15, -0.1) is 0 Å². The lowest BCUT2D eigenvalue weighted by Gasteiger charge is -2.12. The average Bonchev–Trinajstić information content (AvgIpc) is 3.12. The fourth-order valence-corrected chi connectivity index (χ4v) is 3.34. The summed E-state index contributed by atoms with van der Waals surface area (Å²) in [5.74, 6) is -0.582. The molecule has 2 aliphatic rings. The largest absolute Gasteiger partial charge is 0.419 e. The number of benzene rings is 1. The van der Waals surface area contributed by atoms with E-state index in [1.54, 1.807) is 11.8 Å². The Labute approximate surface area is 117 Å². The molecule has 1 aliphatic carbocycles. The van der Waals surface area contributed by atoms with Gasteiger partial charge in [-0.1, -0.05) is 11.8 Å². The van der Waals surface area contributed by atoms with Crippen LogP contribution in [-0.4, -0.2) is 17.0 Å². The zero-order valence-corrected chi connectivity index (χ0v) is 11.2. The van der Waals surface area contributed by atoms with Crippen LogP contribution in [0.3, 0.4) is 0 Å². The standard InChI is InChI=1S/C13H12F4N2S/c14-10-4-3-8(5-9(10)13(15,16)17)19-12-18-6-11(20-12)7-1-2-7/h3-5,7,11H,1-2,6H2,(H,18,19). The van der Waals surface area contributed by atoms with Crippen LogP contribution in [0.2, 0.25) is 0 Å². The molecule has 0 spiro atoms. The fourth-order valence-electron chi connectivity index (χ4n) is 2.12. The van der Waals surface area contributed by atoms with Crippen LogP contribution in [0.5, 0.6) is 0 Å². The Hall–Kier alpha value is -1.24. The van der Waals surface area contributed by atoms with E-state index in [-0.39, 0.29) is 5.69 Å². The minimum Gasteiger partial charge on any atom is -0.335 e. The molecule has 0 radical (unpaired) electrons. The zero-order valence-electron chi connectivity index (χ0n) is 10.4. The number of aliphatic imine (C=N–C) groups is 1. The van der Waals surface area contributed by atoms with Gasteiger partial charge in [0.05, 0.1) is 12.1 Å². The smallest absolute Gasteiger partial charge is 0.335 e. The van der Waals surface area contributed by atoms with Crippen LogP contribution in [0.1, 0.15) is 18.4 Å². The van der Waals surface area contributed by atoms with Gasteiger partial charge >= 0.3 is 6.18 Å². The number of rotatable bonds is 2. The van der Waals surface area contributed by atoms with Gasteiger partial charge in [-0.05, 0) is 37.0 Å². The van der Waals surface area contributed by atoms with E-state index in [1.807, 2.05) is 0 Å². The second kappa shape index (κ2) is 4.95. The highest BCUT2D eigenvalue weighted by Gasteiger charge is 2.36. The molecule has 0 bridgehead atoms. The average molecular weight is 304 g/mol. The quantitative estimate of drug-likeness (QED) is 0.831. The Kier molecular flexibility index (Phi) is 3.40. The molecule has 1 atom stereocenters. The molecule has 7 heteroatoms. The first-order valence-corrected chi connectivity index (χ1v) is 7.16. The van der Waals surface area contributed by atoms with Crippen molar-refractivity contribution >= 4 is 22.6 Å². The molecule has 0 amide bonds. The van der Waals surface area contributed by atoms with Gasteiger partial charge in [-0.3, -0.25) is 4.99 Å². The second-order valence-corrected chi connectivity index (χ2v) is 6.18. The Morgan fingerprint density at radius 3 is 2.65 bits per heavy atom. The van der Waals surface area contributed by atoms with Gasteiger partial charge in [0.15, 0.2) is 5.17 Å². The maximum absolute atomic E-state index is 13.2. The van der Waals surface area contributed by atoms with E-state index in [1.165, 1.54) is 18.9 Å². The van der Waals surface area contributed by atoms with Crippen LogP contribution in [0.25, 0.3) is 0 Å². The summed E-state index contributed by atoms with van der Waals surface area (Å²) in [7, 11) is 0. The number of nitrogens with zero attached hydrogens (tertiary/aromatic N) is 1. The van der Waals surface area contributed by atoms with E-state index in [0.717, 1.165) is 12.1 Å². The zero-order chi connectivity index (χ0) is 14.3. The third-order valence-corrected chi connectivity index (χ3v) is 4.64. The maximum atomic E-state index is 13.2. The highest BCUT2D eigenvalue weighted by Crippen LogP contribution is 2.42. The first kappa shape index (κ1) is 13.7. The predicted octanol–water partition coefficient (Wildman–Crippen LogP) is 4.14. The van der Waals surface area contributed by atoms with Gasteiger partial charge in [0.1, 0.15) is 5.82 Å². The predicted molar refractivity (Wildman–Crippen MR) is 71.4 cm³/mol. The van der Waals surface area contributed by atoms with Gasteiger partial charge in [0, 0.05) is 10.9 Å². The van der Waals surface area contributed by atoms with Gasteiger partial charge in [-0.2, -0.15) is 13.2 Å². The molecule has 108 valence electrons. The summed E-state index contributed by atoms with van der Waals surface area (Å²) in [6, 6.07) is 2.89. The van der Waals surface area contributed by atoms with E-state index < -0.39 is 17.6 Å². The summed E-state index contributed by atoms with van der Waals surface area (Å²) >= 11 is 1.56. The molecule has 1 fully saturated rings. The molecular formula is C13H12F4N2S. The van der Waals surface area contributed by atoms with Crippen LogP contribution in [-0.2, 0) is 6.18 Å². The number of nitrogens with one attached hydrogen (secondary N) is 1. The van der Waals surface area contributed by atoms with Crippen LogP contribution in [0.4, 0.5) is 23.2 Å². The fraction of sp³-hybridized carbons (Fsp3) is 0.462. The van der Waals surface area contributed by atoms with Gasteiger partial charge < -0.3 is 5.32 Å². The molecule has 0 aromatic heterocycles. The minimum absolute atomic E-state index is 0.210. The summed E-state index contributed by atoms with van der Waals surface area (Å²) in [5.41, 5.74) is -1.05. The summed E-state index contributed by atoms with van der Waals surface area (Å²) in [4.78, 5) is 4.28. The van der Waals surface area contributed by atoms with Crippen molar-refractivity contribution in [1.29, 1.82) is 0 Å². The Morgan fingerprint density at radius 2 is 2.00 bits per heavy atom. The monoisotopic (exact) mass is 304 g/mol. The molecule has 1 aliphatic heterocycles. The number of hydrogen-bond donors (Lipinski definition) is 1. The van der Waals surface area contributed by atoms with Crippen molar-refractivity contribution < 1.29 is 17.6 Å². The first-order chi connectivity index (χ1) is 9.43. The summed E-state index contributed by atoms with van der Waals surface area (Å²) < 4.78 is 51.0. The van der Waals surface area contributed by atoms with Crippen LogP contribution < -0.4 is 5.32 Å². The minimum atomic E-state index is -4.69. The molecule has 1 aromatic rings. The lowest BCUT2D eigenvalue weighted by molar-refractivity contribution is -0.139.